The first kappa shape index (κ1) is 7.61. The van der Waals surface area contributed by atoms with Crippen LogP contribution in [0.25, 0.3) is 11.0 Å². The zero-order chi connectivity index (χ0) is 8.55. The zero-order valence-electron chi connectivity index (χ0n) is 5.96. The van der Waals surface area contributed by atoms with Crippen molar-refractivity contribution in [3.63, 3.8) is 0 Å². The molecule has 60 valence electrons. The van der Waals surface area contributed by atoms with Crippen molar-refractivity contribution in [2.45, 2.75) is 0 Å². The summed E-state index contributed by atoms with van der Waals surface area (Å²) in [4.78, 5) is 7.87. The van der Waals surface area contributed by atoms with Crippen LogP contribution < -0.4 is 0 Å². The van der Waals surface area contributed by atoms with Crippen molar-refractivity contribution in [1.82, 2.24) is 9.97 Å². The Balaban J connectivity index is 2.79. The van der Waals surface area contributed by atoms with Gasteiger partial charge in [-0.3, -0.25) is 9.97 Å². The molecule has 12 heavy (non-hydrogen) atoms. The summed E-state index contributed by atoms with van der Waals surface area (Å²) in [5.41, 5.74) is 1.25. The van der Waals surface area contributed by atoms with Crippen LogP contribution in [0.5, 0.6) is 0 Å². The molecule has 0 spiro atoms. The number of hydrogen-bond donors (Lipinski definition) is 0. The van der Waals surface area contributed by atoms with Gasteiger partial charge in [-0.25, -0.2) is 4.39 Å². The lowest BCUT2D eigenvalue weighted by Crippen LogP contribution is -1.84. The fraction of sp³-hybridized carbons (Fsp3) is 0. The van der Waals surface area contributed by atoms with Gasteiger partial charge in [0.2, 0.25) is 0 Å². The van der Waals surface area contributed by atoms with E-state index in [4.69, 9.17) is 0 Å². The Kier molecular flexibility index (Phi) is 1.77. The molecule has 0 aliphatic carbocycles. The highest BCUT2D eigenvalue weighted by molar-refractivity contribution is 9.10. The van der Waals surface area contributed by atoms with Crippen molar-refractivity contribution in [3.8, 4) is 0 Å². The van der Waals surface area contributed by atoms with Crippen molar-refractivity contribution in [1.29, 1.82) is 0 Å². The van der Waals surface area contributed by atoms with E-state index in [1.54, 1.807) is 12.3 Å². The number of halogens is 2. The Hall–Kier alpha value is -1.03. The molecule has 0 N–H and O–H groups in total. The molecule has 0 fully saturated rings. The topological polar surface area (TPSA) is 25.8 Å². The van der Waals surface area contributed by atoms with Crippen LogP contribution in [0.4, 0.5) is 4.39 Å². The number of fused-ring (bicyclic) bond motifs is 1. The summed E-state index contributed by atoms with van der Waals surface area (Å²) < 4.78 is 13.5. The summed E-state index contributed by atoms with van der Waals surface area (Å²) in [7, 11) is 0. The minimum atomic E-state index is -0.364. The SMILES string of the molecule is Fc1cnc2cc(Br)cnc2c1. The lowest BCUT2D eigenvalue weighted by Gasteiger charge is -1.95. The highest BCUT2D eigenvalue weighted by atomic mass is 79.9. The monoisotopic (exact) mass is 226 g/mol. The minimum Gasteiger partial charge on any atom is -0.253 e. The van der Waals surface area contributed by atoms with E-state index in [9.17, 15) is 4.39 Å². The Labute approximate surface area is 76.6 Å². The molecule has 0 aromatic carbocycles. The second-order valence-corrected chi connectivity index (χ2v) is 3.26. The largest absolute Gasteiger partial charge is 0.253 e. The number of rotatable bonds is 0. The lowest BCUT2D eigenvalue weighted by molar-refractivity contribution is 0.624. The second kappa shape index (κ2) is 2.79. The Bertz CT molecular complexity index is 389. The molecule has 2 rings (SSSR count). The van der Waals surface area contributed by atoms with Gasteiger partial charge in [0, 0.05) is 16.7 Å². The van der Waals surface area contributed by atoms with E-state index in [2.05, 4.69) is 25.9 Å². The summed E-state index contributed by atoms with van der Waals surface area (Å²) in [6.45, 7) is 0. The molecule has 2 aromatic rings. The quantitative estimate of drug-likeness (QED) is 0.691. The van der Waals surface area contributed by atoms with Crippen LogP contribution >= 0.6 is 15.9 Å². The fourth-order valence-corrected chi connectivity index (χ4v) is 1.27. The normalized spacial score (nSPS) is 10.5. The van der Waals surface area contributed by atoms with Crippen molar-refractivity contribution in [3.05, 3.63) is 34.8 Å². The highest BCUT2D eigenvalue weighted by Gasteiger charge is 1.98. The molecule has 0 aliphatic rings. The van der Waals surface area contributed by atoms with E-state index in [1.165, 1.54) is 12.3 Å². The first-order chi connectivity index (χ1) is 5.75. The molecule has 4 heteroatoms. The molecule has 0 amide bonds. The van der Waals surface area contributed by atoms with E-state index in [0.717, 1.165) is 4.47 Å². The maximum absolute atomic E-state index is 12.6. The van der Waals surface area contributed by atoms with Gasteiger partial charge in [-0.2, -0.15) is 0 Å². The van der Waals surface area contributed by atoms with Gasteiger partial charge in [0.15, 0.2) is 0 Å². The molecular weight excluding hydrogens is 223 g/mol. The van der Waals surface area contributed by atoms with E-state index < -0.39 is 0 Å². The average molecular weight is 227 g/mol. The van der Waals surface area contributed by atoms with Gasteiger partial charge in [0.05, 0.1) is 17.2 Å². The molecule has 2 aromatic heterocycles. The van der Waals surface area contributed by atoms with Gasteiger partial charge in [0.1, 0.15) is 5.82 Å². The summed E-state index contributed by atoms with van der Waals surface area (Å²) in [6, 6.07) is 3.15. The van der Waals surface area contributed by atoms with Crippen molar-refractivity contribution < 1.29 is 4.39 Å². The summed E-state index contributed by atoms with van der Waals surface area (Å²) in [5, 5.41) is 0. The predicted molar refractivity (Wildman–Crippen MR) is 47.2 cm³/mol. The van der Waals surface area contributed by atoms with E-state index in [-0.39, 0.29) is 5.82 Å². The third-order valence-corrected chi connectivity index (χ3v) is 1.90. The second-order valence-electron chi connectivity index (χ2n) is 2.35. The Morgan fingerprint density at radius 3 is 2.58 bits per heavy atom. The van der Waals surface area contributed by atoms with Crippen molar-refractivity contribution in [2.24, 2.45) is 0 Å². The zero-order valence-corrected chi connectivity index (χ0v) is 7.55. The van der Waals surface area contributed by atoms with Gasteiger partial charge in [0.25, 0.3) is 0 Å². The number of aromatic nitrogens is 2. The van der Waals surface area contributed by atoms with E-state index in [1.807, 2.05) is 0 Å². The van der Waals surface area contributed by atoms with Gasteiger partial charge in [-0.15, -0.1) is 0 Å². The lowest BCUT2D eigenvalue weighted by atomic mass is 10.3. The molecule has 2 nitrogen and oxygen atoms in total. The summed E-state index contributed by atoms with van der Waals surface area (Å²) in [6.07, 6.45) is 2.79. The first-order valence-corrected chi connectivity index (χ1v) is 4.12. The molecule has 0 saturated carbocycles. The molecule has 0 unspecified atom stereocenters. The third kappa shape index (κ3) is 1.30. The van der Waals surface area contributed by atoms with E-state index >= 15 is 0 Å². The molecule has 0 saturated heterocycles. The number of nitrogens with zero attached hydrogens (tertiary/aromatic N) is 2. The van der Waals surface area contributed by atoms with Crippen LogP contribution in [0.15, 0.2) is 29.0 Å². The number of hydrogen-bond acceptors (Lipinski definition) is 2. The third-order valence-electron chi connectivity index (χ3n) is 1.47. The molecule has 0 radical (unpaired) electrons. The molecule has 2 heterocycles. The van der Waals surface area contributed by atoms with Gasteiger partial charge >= 0.3 is 0 Å². The first-order valence-electron chi connectivity index (χ1n) is 3.32. The molecule has 0 bridgehead atoms. The highest BCUT2D eigenvalue weighted by Crippen LogP contribution is 2.15. The minimum absolute atomic E-state index is 0.364. The van der Waals surface area contributed by atoms with Crippen LogP contribution in [-0.4, -0.2) is 9.97 Å². The van der Waals surface area contributed by atoms with E-state index in [0.29, 0.717) is 11.0 Å². The van der Waals surface area contributed by atoms with Crippen LogP contribution in [0, 0.1) is 5.82 Å². The van der Waals surface area contributed by atoms with Gasteiger partial charge < -0.3 is 0 Å². The molecule has 0 aliphatic heterocycles. The van der Waals surface area contributed by atoms with Crippen LogP contribution in [0.1, 0.15) is 0 Å². The Morgan fingerprint density at radius 2 is 1.75 bits per heavy atom. The van der Waals surface area contributed by atoms with Crippen LogP contribution in [0.3, 0.4) is 0 Å². The summed E-state index contributed by atoms with van der Waals surface area (Å²) in [5.74, 6) is -0.364. The standard InChI is InChI=1S/C8H4BrFN2/c9-5-1-7-8(11-3-5)2-6(10)4-12-7/h1-4H. The Morgan fingerprint density at radius 1 is 1.08 bits per heavy atom. The predicted octanol–water partition coefficient (Wildman–Crippen LogP) is 2.53. The van der Waals surface area contributed by atoms with Crippen LogP contribution in [-0.2, 0) is 0 Å². The van der Waals surface area contributed by atoms with Gasteiger partial charge in [-0.05, 0) is 22.0 Å². The van der Waals surface area contributed by atoms with Crippen molar-refractivity contribution in [2.75, 3.05) is 0 Å². The molecule has 0 atom stereocenters. The van der Waals surface area contributed by atoms with Gasteiger partial charge in [-0.1, -0.05) is 0 Å². The maximum atomic E-state index is 12.6. The van der Waals surface area contributed by atoms with Crippen LogP contribution in [0.2, 0.25) is 0 Å². The maximum Gasteiger partial charge on any atom is 0.143 e. The summed E-state index contributed by atoms with van der Waals surface area (Å²) >= 11 is 3.25. The molecular formula is C8H4BrFN2. The van der Waals surface area contributed by atoms with Crippen molar-refractivity contribution >= 4 is 27.0 Å². The fourth-order valence-electron chi connectivity index (χ4n) is 0.953. The average Bonchev–Trinajstić information content (AvgIpc) is 2.05. The smallest absolute Gasteiger partial charge is 0.143 e. The number of pyridine rings is 2.